The number of anilines is 1. The second kappa shape index (κ2) is 8.83. The Morgan fingerprint density at radius 1 is 1.12 bits per heavy atom. The third-order valence-corrected chi connectivity index (χ3v) is 3.35. The lowest BCUT2D eigenvalue weighted by Gasteiger charge is -2.05. The summed E-state index contributed by atoms with van der Waals surface area (Å²) in [6.07, 6.45) is 1.51. The highest BCUT2D eigenvalue weighted by Crippen LogP contribution is 2.15. The first-order valence-corrected chi connectivity index (χ1v) is 7.90. The Hall–Kier alpha value is -2.67. The number of nitrogens with zero attached hydrogens (tertiary/aromatic N) is 1. The largest absolute Gasteiger partial charge is 0.484 e. The van der Waals surface area contributed by atoms with E-state index in [2.05, 4.69) is 31.8 Å². The maximum atomic E-state index is 11.6. The van der Waals surface area contributed by atoms with Gasteiger partial charge in [-0.25, -0.2) is 5.43 Å². The molecule has 24 heavy (non-hydrogen) atoms. The van der Waals surface area contributed by atoms with Crippen LogP contribution in [0, 0.1) is 0 Å². The Labute approximate surface area is 148 Å². The first-order valence-electron chi connectivity index (χ1n) is 7.11. The molecule has 0 fully saturated rings. The van der Waals surface area contributed by atoms with Gasteiger partial charge >= 0.3 is 0 Å². The molecular weight excluding hydrogens is 374 g/mol. The SMILES string of the molecule is CC(=O)Nc1ccc(/C=N\NC(=O)COc2ccc(Br)cc2)cc1. The molecule has 0 aromatic heterocycles. The minimum absolute atomic E-state index is 0.125. The molecule has 2 rings (SSSR count). The molecule has 2 N–H and O–H groups in total. The predicted molar refractivity (Wildman–Crippen MR) is 96.1 cm³/mol. The van der Waals surface area contributed by atoms with E-state index in [1.165, 1.54) is 13.1 Å². The molecule has 0 heterocycles. The standard InChI is InChI=1S/C17H16BrN3O3/c1-12(22)20-15-6-2-13(3-7-15)10-19-21-17(23)11-24-16-8-4-14(18)5-9-16/h2-10H,11H2,1H3,(H,20,22)(H,21,23)/b19-10-. The maximum Gasteiger partial charge on any atom is 0.277 e. The molecule has 2 amide bonds. The fourth-order valence-corrected chi connectivity index (χ4v) is 2.01. The van der Waals surface area contributed by atoms with E-state index in [1.807, 2.05) is 12.1 Å². The summed E-state index contributed by atoms with van der Waals surface area (Å²) in [6.45, 7) is 1.32. The van der Waals surface area contributed by atoms with Crippen molar-refractivity contribution in [1.29, 1.82) is 0 Å². The average Bonchev–Trinajstić information content (AvgIpc) is 2.55. The quantitative estimate of drug-likeness (QED) is 0.588. The summed E-state index contributed by atoms with van der Waals surface area (Å²) in [5.41, 5.74) is 3.88. The van der Waals surface area contributed by atoms with E-state index in [1.54, 1.807) is 36.4 Å². The Morgan fingerprint density at radius 3 is 2.42 bits per heavy atom. The number of carbonyl (C=O) groups is 2. The molecule has 0 aliphatic carbocycles. The third kappa shape index (κ3) is 6.21. The second-order valence-electron chi connectivity index (χ2n) is 4.84. The summed E-state index contributed by atoms with van der Waals surface area (Å²) >= 11 is 3.32. The number of halogens is 1. The van der Waals surface area contributed by atoms with Crippen LogP contribution in [0.4, 0.5) is 5.69 Å². The number of benzene rings is 2. The van der Waals surface area contributed by atoms with Gasteiger partial charge in [0.05, 0.1) is 6.21 Å². The second-order valence-corrected chi connectivity index (χ2v) is 5.75. The molecule has 0 bridgehead atoms. The van der Waals surface area contributed by atoms with Gasteiger partial charge in [-0.1, -0.05) is 28.1 Å². The van der Waals surface area contributed by atoms with Gasteiger partial charge in [-0.3, -0.25) is 9.59 Å². The van der Waals surface area contributed by atoms with Crippen molar-refractivity contribution >= 4 is 39.6 Å². The molecule has 2 aromatic rings. The zero-order valence-electron chi connectivity index (χ0n) is 13.0. The van der Waals surface area contributed by atoms with Gasteiger partial charge in [0.25, 0.3) is 5.91 Å². The molecule has 0 radical (unpaired) electrons. The topological polar surface area (TPSA) is 79.8 Å². The number of hydrogen-bond donors (Lipinski definition) is 2. The van der Waals surface area contributed by atoms with Crippen molar-refractivity contribution in [2.24, 2.45) is 5.10 Å². The molecule has 6 nitrogen and oxygen atoms in total. The summed E-state index contributed by atoms with van der Waals surface area (Å²) in [5.74, 6) is 0.115. The van der Waals surface area contributed by atoms with E-state index in [4.69, 9.17) is 4.74 Å². The van der Waals surface area contributed by atoms with Gasteiger partial charge < -0.3 is 10.1 Å². The van der Waals surface area contributed by atoms with E-state index >= 15 is 0 Å². The van der Waals surface area contributed by atoms with Crippen LogP contribution in [0.25, 0.3) is 0 Å². The van der Waals surface area contributed by atoms with Crippen LogP contribution < -0.4 is 15.5 Å². The molecule has 0 spiro atoms. The number of rotatable bonds is 6. The van der Waals surface area contributed by atoms with Crippen molar-refractivity contribution in [3.05, 3.63) is 58.6 Å². The lowest BCUT2D eigenvalue weighted by molar-refractivity contribution is -0.123. The highest BCUT2D eigenvalue weighted by atomic mass is 79.9. The first-order chi connectivity index (χ1) is 11.5. The minimum Gasteiger partial charge on any atom is -0.484 e. The summed E-state index contributed by atoms with van der Waals surface area (Å²) in [5, 5.41) is 6.53. The van der Waals surface area contributed by atoms with Crippen molar-refractivity contribution in [3.63, 3.8) is 0 Å². The molecule has 0 saturated carbocycles. The molecule has 0 atom stereocenters. The smallest absolute Gasteiger partial charge is 0.277 e. The van der Waals surface area contributed by atoms with E-state index in [9.17, 15) is 9.59 Å². The Bertz CT molecular complexity index is 728. The number of hydrazone groups is 1. The maximum absolute atomic E-state index is 11.6. The monoisotopic (exact) mass is 389 g/mol. The lowest BCUT2D eigenvalue weighted by Crippen LogP contribution is -2.24. The zero-order chi connectivity index (χ0) is 17.4. The van der Waals surface area contributed by atoms with Crippen LogP contribution in [-0.2, 0) is 9.59 Å². The van der Waals surface area contributed by atoms with E-state index in [0.717, 1.165) is 10.0 Å². The van der Waals surface area contributed by atoms with E-state index < -0.39 is 0 Å². The Morgan fingerprint density at radius 2 is 1.79 bits per heavy atom. The lowest BCUT2D eigenvalue weighted by atomic mass is 10.2. The molecule has 0 unspecified atom stereocenters. The van der Waals surface area contributed by atoms with Crippen LogP contribution in [0.1, 0.15) is 12.5 Å². The van der Waals surface area contributed by atoms with Crippen molar-refractivity contribution < 1.29 is 14.3 Å². The van der Waals surface area contributed by atoms with E-state index in [0.29, 0.717) is 11.4 Å². The van der Waals surface area contributed by atoms with Gasteiger partial charge in [0.2, 0.25) is 5.91 Å². The summed E-state index contributed by atoms with van der Waals surface area (Å²) in [6, 6.07) is 14.2. The van der Waals surface area contributed by atoms with Gasteiger partial charge in [0, 0.05) is 17.1 Å². The third-order valence-electron chi connectivity index (χ3n) is 2.82. The molecular formula is C17H16BrN3O3. The molecule has 2 aromatic carbocycles. The Kier molecular flexibility index (Phi) is 6.51. The van der Waals surface area contributed by atoms with Crippen LogP contribution in [-0.4, -0.2) is 24.6 Å². The number of nitrogens with one attached hydrogen (secondary N) is 2. The van der Waals surface area contributed by atoms with Crippen molar-refractivity contribution in [1.82, 2.24) is 5.43 Å². The van der Waals surface area contributed by atoms with Crippen molar-refractivity contribution in [3.8, 4) is 5.75 Å². The molecule has 0 aliphatic heterocycles. The molecule has 0 saturated heterocycles. The predicted octanol–water partition coefficient (Wildman–Crippen LogP) is 2.94. The number of ether oxygens (including phenoxy) is 1. The number of amides is 2. The fourth-order valence-electron chi connectivity index (χ4n) is 1.75. The molecule has 124 valence electrons. The van der Waals surface area contributed by atoms with Crippen LogP contribution >= 0.6 is 15.9 Å². The Balaban J connectivity index is 1.77. The van der Waals surface area contributed by atoms with E-state index in [-0.39, 0.29) is 18.4 Å². The average molecular weight is 390 g/mol. The van der Waals surface area contributed by atoms with Crippen LogP contribution in [0.3, 0.4) is 0 Å². The first kappa shape index (κ1) is 17.7. The number of carbonyl (C=O) groups excluding carboxylic acids is 2. The summed E-state index contributed by atoms with van der Waals surface area (Å²) < 4.78 is 6.27. The fraction of sp³-hybridized carbons (Fsp3) is 0.118. The van der Waals surface area contributed by atoms with Gasteiger partial charge in [-0.2, -0.15) is 5.10 Å². The summed E-state index contributed by atoms with van der Waals surface area (Å²) in [7, 11) is 0. The molecule has 0 aliphatic rings. The highest BCUT2D eigenvalue weighted by Gasteiger charge is 2.01. The normalized spacial score (nSPS) is 10.4. The van der Waals surface area contributed by atoms with Crippen molar-refractivity contribution in [2.75, 3.05) is 11.9 Å². The van der Waals surface area contributed by atoms with Crippen LogP contribution in [0.2, 0.25) is 0 Å². The van der Waals surface area contributed by atoms with Gasteiger partial charge in [-0.05, 0) is 42.0 Å². The van der Waals surface area contributed by atoms with Crippen LogP contribution in [0.5, 0.6) is 5.75 Å². The van der Waals surface area contributed by atoms with Gasteiger partial charge in [0.1, 0.15) is 5.75 Å². The summed E-state index contributed by atoms with van der Waals surface area (Å²) in [4.78, 5) is 22.6. The van der Waals surface area contributed by atoms with Crippen LogP contribution in [0.15, 0.2) is 58.1 Å². The zero-order valence-corrected chi connectivity index (χ0v) is 14.5. The van der Waals surface area contributed by atoms with Crippen molar-refractivity contribution in [2.45, 2.75) is 6.92 Å². The van der Waals surface area contributed by atoms with Gasteiger partial charge in [-0.15, -0.1) is 0 Å². The minimum atomic E-state index is -0.357. The number of hydrogen-bond acceptors (Lipinski definition) is 4. The molecule has 7 heteroatoms. The highest BCUT2D eigenvalue weighted by molar-refractivity contribution is 9.10. The van der Waals surface area contributed by atoms with Gasteiger partial charge in [0.15, 0.2) is 6.61 Å².